The number of methoxy groups -OCH3 is 2. The Kier molecular flexibility index (Phi) is 5.89. The number of aromatic carboxylic acids is 1. The molecule has 36 heavy (non-hydrogen) atoms. The van der Waals surface area contributed by atoms with Crippen LogP contribution in [0, 0.1) is 0 Å². The van der Waals surface area contributed by atoms with E-state index in [1.807, 2.05) is 30.3 Å². The Labute approximate surface area is 211 Å². The van der Waals surface area contributed by atoms with Gasteiger partial charge in [0.15, 0.2) is 17.2 Å². The van der Waals surface area contributed by atoms with Crippen molar-refractivity contribution < 1.29 is 29.0 Å². The minimum absolute atomic E-state index is 0.00799. The number of rotatable bonds is 6. The van der Waals surface area contributed by atoms with E-state index >= 15 is 0 Å². The number of carboxylic acids is 1. The normalized spacial score (nSPS) is 13.1. The van der Waals surface area contributed by atoms with Crippen LogP contribution in [0.4, 0.5) is 5.69 Å². The summed E-state index contributed by atoms with van der Waals surface area (Å²) in [5.41, 5.74) is 1.91. The number of carbonyl (C=O) groups is 3. The molecule has 0 atom stereocenters. The third-order valence-electron chi connectivity index (χ3n) is 6.24. The summed E-state index contributed by atoms with van der Waals surface area (Å²) in [5, 5.41) is 11.0. The molecule has 1 N–H and O–H groups in total. The molecule has 0 aliphatic carbocycles. The number of amides is 2. The zero-order valence-electron chi connectivity index (χ0n) is 19.4. The van der Waals surface area contributed by atoms with Crippen molar-refractivity contribution in [3.05, 3.63) is 88.1 Å². The average Bonchev–Trinajstić information content (AvgIpc) is 3.17. The highest BCUT2D eigenvalue weighted by molar-refractivity contribution is 6.33. The summed E-state index contributed by atoms with van der Waals surface area (Å²) in [6.45, 7) is 0.221. The van der Waals surface area contributed by atoms with Crippen molar-refractivity contribution in [3.63, 3.8) is 0 Å². The van der Waals surface area contributed by atoms with Crippen molar-refractivity contribution in [1.82, 2.24) is 4.57 Å². The molecule has 0 spiro atoms. The van der Waals surface area contributed by atoms with E-state index in [0.29, 0.717) is 33.0 Å². The summed E-state index contributed by atoms with van der Waals surface area (Å²) in [6, 6.07) is 17.3. The molecule has 0 unspecified atom stereocenters. The van der Waals surface area contributed by atoms with E-state index in [2.05, 4.69) is 0 Å². The summed E-state index contributed by atoms with van der Waals surface area (Å²) in [4.78, 5) is 40.7. The first-order chi connectivity index (χ1) is 17.3. The molecule has 4 aromatic rings. The second-order valence-corrected chi connectivity index (χ2v) is 8.75. The third-order valence-corrected chi connectivity index (χ3v) is 6.48. The smallest absolute Gasteiger partial charge is 0.354 e. The summed E-state index contributed by atoms with van der Waals surface area (Å²) in [7, 11) is 2.91. The molecular formula is C27H21ClN2O6. The van der Waals surface area contributed by atoms with Gasteiger partial charge in [0.2, 0.25) is 5.91 Å². The quantitative estimate of drug-likeness (QED) is 0.379. The molecule has 2 amide bonds. The highest BCUT2D eigenvalue weighted by Gasteiger charge is 2.38. The predicted molar refractivity (Wildman–Crippen MR) is 135 cm³/mol. The summed E-state index contributed by atoms with van der Waals surface area (Å²) in [6.07, 6.45) is -0.119. The van der Waals surface area contributed by atoms with Crippen molar-refractivity contribution in [2.45, 2.75) is 13.0 Å². The van der Waals surface area contributed by atoms with Crippen LogP contribution < -0.4 is 14.4 Å². The second-order valence-electron chi connectivity index (χ2n) is 8.31. The Hall–Kier alpha value is -4.30. The van der Waals surface area contributed by atoms with Crippen LogP contribution in [0.1, 0.15) is 32.0 Å². The minimum Gasteiger partial charge on any atom is -0.493 e. The minimum atomic E-state index is -1.27. The van der Waals surface area contributed by atoms with E-state index < -0.39 is 17.8 Å². The van der Waals surface area contributed by atoms with Crippen LogP contribution in [0.25, 0.3) is 10.9 Å². The van der Waals surface area contributed by atoms with Gasteiger partial charge in [0.1, 0.15) is 0 Å². The Morgan fingerprint density at radius 2 is 1.69 bits per heavy atom. The number of imide groups is 1. The fraction of sp³-hybridized carbons (Fsp3) is 0.148. The molecule has 0 saturated heterocycles. The first-order valence-electron chi connectivity index (χ1n) is 11.0. The Balaban J connectivity index is 1.75. The summed E-state index contributed by atoms with van der Waals surface area (Å²) >= 11 is 6.28. The Morgan fingerprint density at radius 1 is 1.00 bits per heavy atom. The van der Waals surface area contributed by atoms with Crippen molar-refractivity contribution >= 4 is 46.0 Å². The predicted octanol–water partition coefficient (Wildman–Crippen LogP) is 4.79. The number of ether oxygens (including phenoxy) is 2. The van der Waals surface area contributed by atoms with Crippen LogP contribution in [0.3, 0.4) is 0 Å². The van der Waals surface area contributed by atoms with Gasteiger partial charge in [-0.1, -0.05) is 41.9 Å². The summed E-state index contributed by atoms with van der Waals surface area (Å²) in [5.74, 6) is -1.76. The van der Waals surface area contributed by atoms with Gasteiger partial charge in [-0.2, -0.15) is 0 Å². The van der Waals surface area contributed by atoms with Crippen LogP contribution in [-0.2, 0) is 17.8 Å². The van der Waals surface area contributed by atoms with Crippen molar-refractivity contribution in [2.24, 2.45) is 0 Å². The maximum Gasteiger partial charge on any atom is 0.354 e. The lowest BCUT2D eigenvalue weighted by molar-refractivity contribution is -0.117. The van der Waals surface area contributed by atoms with Crippen molar-refractivity contribution in [3.8, 4) is 11.5 Å². The zero-order chi connectivity index (χ0) is 25.6. The van der Waals surface area contributed by atoms with Crippen molar-refractivity contribution in [2.75, 3.05) is 19.1 Å². The van der Waals surface area contributed by atoms with Gasteiger partial charge in [-0.3, -0.25) is 9.59 Å². The van der Waals surface area contributed by atoms with E-state index in [1.165, 1.54) is 20.3 Å². The number of anilines is 1. The van der Waals surface area contributed by atoms with Crippen LogP contribution in [0.15, 0.2) is 60.7 Å². The number of halogens is 1. The molecular weight excluding hydrogens is 484 g/mol. The molecule has 1 aromatic heterocycles. The number of fused-ring (bicyclic) bond motifs is 2. The number of hydrogen-bond donors (Lipinski definition) is 1. The number of aromatic nitrogens is 1. The number of carbonyl (C=O) groups excluding carboxylic acids is 2. The second kappa shape index (κ2) is 9.05. The lowest BCUT2D eigenvalue weighted by atomic mass is 9.96. The molecule has 9 heteroatoms. The molecule has 2 heterocycles. The van der Waals surface area contributed by atoms with Crippen LogP contribution in [0.5, 0.6) is 11.5 Å². The number of hydrogen-bond acceptors (Lipinski definition) is 5. The van der Waals surface area contributed by atoms with Crippen LogP contribution in [0.2, 0.25) is 5.02 Å². The molecule has 0 radical (unpaired) electrons. The van der Waals surface area contributed by atoms with Gasteiger partial charge in [0.25, 0.3) is 5.91 Å². The van der Waals surface area contributed by atoms with Crippen LogP contribution >= 0.6 is 11.6 Å². The van der Waals surface area contributed by atoms with E-state index in [9.17, 15) is 19.5 Å². The first-order valence-corrected chi connectivity index (χ1v) is 11.4. The molecule has 5 rings (SSSR count). The molecule has 1 aliphatic rings. The maximum absolute atomic E-state index is 13.7. The van der Waals surface area contributed by atoms with Gasteiger partial charge in [-0.25, -0.2) is 9.69 Å². The van der Waals surface area contributed by atoms with Gasteiger partial charge in [0.05, 0.1) is 31.8 Å². The first kappa shape index (κ1) is 23.4. The fourth-order valence-corrected chi connectivity index (χ4v) is 4.82. The van der Waals surface area contributed by atoms with E-state index in [0.717, 1.165) is 10.5 Å². The number of benzene rings is 3. The van der Waals surface area contributed by atoms with E-state index in [4.69, 9.17) is 21.1 Å². The largest absolute Gasteiger partial charge is 0.493 e. The molecule has 0 saturated carbocycles. The standard InChI is InChI=1S/C27H21ClN2O6/c1-35-21-10-16-11-23(31)30(26(32)18(16)13-22(21)36-2)24-19-12-17(28)8-9-20(19)29(25(24)27(33)34)14-15-6-4-3-5-7-15/h3-10,12-13H,11,14H2,1-2H3,(H,33,34). The highest BCUT2D eigenvalue weighted by atomic mass is 35.5. The van der Waals surface area contributed by atoms with Gasteiger partial charge in [0, 0.05) is 22.5 Å². The van der Waals surface area contributed by atoms with Gasteiger partial charge >= 0.3 is 5.97 Å². The van der Waals surface area contributed by atoms with E-state index in [-0.39, 0.29) is 29.9 Å². The van der Waals surface area contributed by atoms with E-state index in [1.54, 1.807) is 28.8 Å². The van der Waals surface area contributed by atoms with Gasteiger partial charge in [-0.05, 0) is 41.5 Å². The fourth-order valence-electron chi connectivity index (χ4n) is 4.65. The van der Waals surface area contributed by atoms with Crippen LogP contribution in [-0.4, -0.2) is 41.7 Å². The maximum atomic E-state index is 13.7. The molecule has 8 nitrogen and oxygen atoms in total. The monoisotopic (exact) mass is 504 g/mol. The van der Waals surface area contributed by atoms with Crippen molar-refractivity contribution in [1.29, 1.82) is 0 Å². The van der Waals surface area contributed by atoms with Gasteiger partial charge < -0.3 is 19.1 Å². The lowest BCUT2D eigenvalue weighted by Crippen LogP contribution is -2.43. The molecule has 3 aromatic carbocycles. The Bertz CT molecular complexity index is 1540. The SMILES string of the molecule is COc1cc2c(cc1OC)C(=O)N(c1c(C(=O)O)n(Cc3ccccc3)c3ccc(Cl)cc13)C(=O)C2. The third kappa shape index (κ3) is 3.76. The van der Waals surface area contributed by atoms with Gasteiger partial charge in [-0.15, -0.1) is 0 Å². The highest BCUT2D eigenvalue weighted by Crippen LogP contribution is 2.41. The number of carboxylic acid groups (broad SMARTS) is 1. The number of nitrogens with zero attached hydrogens (tertiary/aromatic N) is 2. The average molecular weight is 505 g/mol. The molecule has 0 bridgehead atoms. The summed E-state index contributed by atoms with van der Waals surface area (Å²) < 4.78 is 12.2. The zero-order valence-corrected chi connectivity index (χ0v) is 20.2. The molecule has 0 fully saturated rings. The molecule has 1 aliphatic heterocycles. The topological polar surface area (TPSA) is 98.1 Å². The molecule has 182 valence electrons. The lowest BCUT2D eigenvalue weighted by Gasteiger charge is -2.28. The Morgan fingerprint density at radius 3 is 2.36 bits per heavy atom.